The van der Waals surface area contributed by atoms with E-state index >= 15 is 0 Å². The van der Waals surface area contributed by atoms with Crippen LogP contribution in [-0.2, 0) is 11.2 Å². The van der Waals surface area contributed by atoms with Gasteiger partial charge in [-0.3, -0.25) is 9.36 Å². The Balaban J connectivity index is 1.42. The molecule has 1 aromatic carbocycles. The van der Waals surface area contributed by atoms with Gasteiger partial charge in [-0.15, -0.1) is 0 Å². The summed E-state index contributed by atoms with van der Waals surface area (Å²) in [6, 6.07) is 11.6. The molecule has 1 N–H and O–H groups in total. The Bertz CT molecular complexity index is 1260. The number of hydrogen-bond acceptors (Lipinski definition) is 5. The number of hydrogen-bond donors (Lipinski definition) is 1. The number of carbonyl (C=O) groups excluding carboxylic acids is 1. The highest BCUT2D eigenvalue weighted by Crippen LogP contribution is 2.33. The van der Waals surface area contributed by atoms with E-state index in [1.807, 2.05) is 27.7 Å². The van der Waals surface area contributed by atoms with Gasteiger partial charge in [0.1, 0.15) is 11.6 Å². The average molecular weight is 495 g/mol. The molecule has 1 saturated carbocycles. The molecule has 0 bridgehead atoms. The zero-order valence-corrected chi connectivity index (χ0v) is 20.1. The number of aromatic nitrogens is 3. The average Bonchev–Trinajstić information content (AvgIpc) is 3.61. The van der Waals surface area contributed by atoms with Gasteiger partial charge in [-0.2, -0.15) is 5.26 Å². The highest BCUT2D eigenvalue weighted by molar-refractivity contribution is 6.42. The van der Waals surface area contributed by atoms with E-state index in [0.29, 0.717) is 28.3 Å². The molecule has 34 heavy (non-hydrogen) atoms. The zero-order chi connectivity index (χ0) is 23.7. The van der Waals surface area contributed by atoms with Crippen LogP contribution in [0, 0.1) is 17.2 Å². The molecule has 2 aromatic heterocycles. The Morgan fingerprint density at radius 2 is 2.00 bits per heavy atom. The Morgan fingerprint density at radius 1 is 1.15 bits per heavy atom. The van der Waals surface area contributed by atoms with E-state index in [-0.39, 0.29) is 18.4 Å². The number of halogens is 2. The van der Waals surface area contributed by atoms with Crippen molar-refractivity contribution in [3.05, 3.63) is 58.5 Å². The molecule has 0 unspecified atom stereocenters. The van der Waals surface area contributed by atoms with Gasteiger partial charge in [0.25, 0.3) is 0 Å². The van der Waals surface area contributed by atoms with Crippen LogP contribution < -0.4 is 5.32 Å². The lowest BCUT2D eigenvalue weighted by molar-refractivity contribution is -0.133. The van der Waals surface area contributed by atoms with Crippen molar-refractivity contribution in [3.8, 4) is 23.1 Å². The minimum absolute atomic E-state index is 0.148. The van der Waals surface area contributed by atoms with Crippen LogP contribution in [0.5, 0.6) is 0 Å². The zero-order valence-electron chi connectivity index (χ0n) is 18.5. The first kappa shape index (κ1) is 22.7. The Morgan fingerprint density at radius 3 is 2.76 bits per heavy atom. The number of nitrogens with one attached hydrogen (secondary N) is 1. The van der Waals surface area contributed by atoms with E-state index in [4.69, 9.17) is 23.2 Å². The predicted octanol–water partition coefficient (Wildman–Crippen LogP) is 5.12. The maximum absolute atomic E-state index is 12.5. The van der Waals surface area contributed by atoms with Crippen LogP contribution in [0.1, 0.15) is 31.4 Å². The minimum Gasteiger partial charge on any atom is -0.365 e. The molecule has 2 aliphatic rings. The number of amides is 1. The van der Waals surface area contributed by atoms with Gasteiger partial charge in [0.2, 0.25) is 5.91 Å². The molecule has 2 fully saturated rings. The summed E-state index contributed by atoms with van der Waals surface area (Å²) in [6.45, 7) is 1.53. The van der Waals surface area contributed by atoms with Gasteiger partial charge in [-0.1, -0.05) is 23.2 Å². The predicted molar refractivity (Wildman–Crippen MR) is 132 cm³/mol. The van der Waals surface area contributed by atoms with Crippen molar-refractivity contribution in [2.45, 2.75) is 38.1 Å². The fourth-order valence-electron chi connectivity index (χ4n) is 4.45. The standard InChI is InChI=1S/C25H24Cl2N6O/c26-21-6-5-17(12-22(21)27)24-30-14-20(7-9-28)33(24)19-8-10-29-23(13-19)31-18-2-1-11-32(15-18)25(34)16-3-4-16/h5-6,8,10,12-14,16,18H,1-4,7,11,15H2,(H,29,31)/t18-/m0/s1. The molecule has 1 amide bonds. The largest absolute Gasteiger partial charge is 0.365 e. The van der Waals surface area contributed by atoms with Gasteiger partial charge in [0, 0.05) is 42.9 Å². The molecule has 9 heteroatoms. The third-order valence-corrected chi connectivity index (χ3v) is 7.03. The second-order valence-electron chi connectivity index (χ2n) is 8.81. The van der Waals surface area contributed by atoms with Crippen LogP contribution in [-0.4, -0.2) is 44.5 Å². The maximum atomic E-state index is 12.5. The fraction of sp³-hybridized carbons (Fsp3) is 0.360. The van der Waals surface area contributed by atoms with E-state index in [1.165, 1.54) is 0 Å². The van der Waals surface area contributed by atoms with Gasteiger partial charge in [0.15, 0.2) is 0 Å². The number of nitriles is 1. The molecule has 1 aliphatic heterocycles. The normalized spacial score (nSPS) is 17.9. The smallest absolute Gasteiger partial charge is 0.225 e. The summed E-state index contributed by atoms with van der Waals surface area (Å²) in [5, 5.41) is 13.8. The van der Waals surface area contributed by atoms with Gasteiger partial charge >= 0.3 is 0 Å². The van der Waals surface area contributed by atoms with Crippen LogP contribution >= 0.6 is 23.2 Å². The summed E-state index contributed by atoms with van der Waals surface area (Å²) < 4.78 is 1.94. The number of carbonyl (C=O) groups is 1. The molecular formula is C25H24Cl2N6O. The SMILES string of the molecule is N#CCc1cnc(-c2ccc(Cl)c(Cl)c2)n1-c1ccnc(N[C@H]2CCCN(C(=O)C3CC3)C2)c1. The van der Waals surface area contributed by atoms with E-state index < -0.39 is 0 Å². The van der Waals surface area contributed by atoms with E-state index in [9.17, 15) is 10.1 Å². The summed E-state index contributed by atoms with van der Waals surface area (Å²) in [7, 11) is 0. The second-order valence-corrected chi connectivity index (χ2v) is 9.63. The van der Waals surface area contributed by atoms with Crippen LogP contribution in [0.25, 0.3) is 17.1 Å². The first-order valence-corrected chi connectivity index (χ1v) is 12.2. The molecule has 1 aliphatic carbocycles. The lowest BCUT2D eigenvalue weighted by atomic mass is 10.1. The number of nitrogens with zero attached hydrogens (tertiary/aromatic N) is 5. The number of piperidine rings is 1. The fourth-order valence-corrected chi connectivity index (χ4v) is 4.75. The van der Waals surface area contributed by atoms with Crippen LogP contribution in [0.3, 0.4) is 0 Å². The Kier molecular flexibility index (Phi) is 6.44. The molecule has 1 saturated heterocycles. The van der Waals surface area contributed by atoms with Crippen molar-refractivity contribution in [2.75, 3.05) is 18.4 Å². The lowest BCUT2D eigenvalue weighted by Gasteiger charge is -2.33. The molecular weight excluding hydrogens is 471 g/mol. The Labute approximate surface area is 208 Å². The Hall–Kier alpha value is -3.08. The molecule has 0 spiro atoms. The molecule has 5 rings (SSSR count). The quantitative estimate of drug-likeness (QED) is 0.513. The number of likely N-dealkylation sites (tertiary alicyclic amines) is 1. The summed E-state index contributed by atoms with van der Waals surface area (Å²) in [5.41, 5.74) is 2.40. The van der Waals surface area contributed by atoms with Gasteiger partial charge in [-0.05, 0) is 49.9 Å². The van der Waals surface area contributed by atoms with Crippen molar-refractivity contribution in [1.82, 2.24) is 19.4 Å². The second kappa shape index (κ2) is 9.65. The van der Waals surface area contributed by atoms with Gasteiger partial charge < -0.3 is 10.2 Å². The molecule has 1 atom stereocenters. The third kappa shape index (κ3) is 4.75. The number of anilines is 1. The van der Waals surface area contributed by atoms with Crippen LogP contribution in [0.15, 0.2) is 42.7 Å². The summed E-state index contributed by atoms with van der Waals surface area (Å²) in [6.07, 6.45) is 7.66. The van der Waals surface area contributed by atoms with Gasteiger partial charge in [0.05, 0.1) is 40.1 Å². The maximum Gasteiger partial charge on any atom is 0.225 e. The molecule has 7 nitrogen and oxygen atoms in total. The number of rotatable bonds is 6. The van der Waals surface area contributed by atoms with Crippen molar-refractivity contribution >= 4 is 34.9 Å². The van der Waals surface area contributed by atoms with E-state index in [2.05, 4.69) is 21.4 Å². The van der Waals surface area contributed by atoms with Crippen molar-refractivity contribution < 1.29 is 4.79 Å². The molecule has 174 valence electrons. The van der Waals surface area contributed by atoms with Crippen LogP contribution in [0.4, 0.5) is 5.82 Å². The topological polar surface area (TPSA) is 86.8 Å². The summed E-state index contributed by atoms with van der Waals surface area (Å²) >= 11 is 12.4. The monoisotopic (exact) mass is 494 g/mol. The number of pyridine rings is 1. The van der Waals surface area contributed by atoms with Crippen molar-refractivity contribution in [1.29, 1.82) is 5.26 Å². The van der Waals surface area contributed by atoms with E-state index in [0.717, 1.165) is 55.0 Å². The molecule has 3 heterocycles. The van der Waals surface area contributed by atoms with Crippen molar-refractivity contribution in [2.24, 2.45) is 5.92 Å². The first-order chi connectivity index (χ1) is 16.5. The summed E-state index contributed by atoms with van der Waals surface area (Å²) in [5.74, 6) is 1.92. The summed E-state index contributed by atoms with van der Waals surface area (Å²) in [4.78, 5) is 23.6. The van der Waals surface area contributed by atoms with Crippen molar-refractivity contribution in [3.63, 3.8) is 0 Å². The lowest BCUT2D eigenvalue weighted by Crippen LogP contribution is -2.45. The number of imidazole rings is 1. The highest BCUT2D eigenvalue weighted by Gasteiger charge is 2.35. The molecule has 3 aromatic rings. The highest BCUT2D eigenvalue weighted by atomic mass is 35.5. The molecule has 0 radical (unpaired) electrons. The van der Waals surface area contributed by atoms with E-state index in [1.54, 1.807) is 24.5 Å². The minimum atomic E-state index is 0.148. The third-order valence-electron chi connectivity index (χ3n) is 6.29. The number of benzene rings is 1. The van der Waals surface area contributed by atoms with Gasteiger partial charge in [-0.25, -0.2) is 9.97 Å². The van der Waals surface area contributed by atoms with Crippen LogP contribution in [0.2, 0.25) is 10.0 Å². The first-order valence-electron chi connectivity index (χ1n) is 11.4.